The molecule has 0 saturated carbocycles. The van der Waals surface area contributed by atoms with E-state index >= 15 is 0 Å². The molecule has 4 rings (SSSR count). The van der Waals surface area contributed by atoms with E-state index < -0.39 is 41.7 Å². The van der Waals surface area contributed by atoms with E-state index in [1.54, 1.807) is 19.1 Å². The van der Waals surface area contributed by atoms with Gasteiger partial charge in [-0.1, -0.05) is 13.0 Å². The van der Waals surface area contributed by atoms with Crippen LogP contribution in [0.5, 0.6) is 0 Å². The molecule has 37 heavy (non-hydrogen) atoms. The van der Waals surface area contributed by atoms with Gasteiger partial charge in [-0.3, -0.25) is 14.2 Å². The van der Waals surface area contributed by atoms with Crippen LogP contribution in [0.15, 0.2) is 46.5 Å². The Kier molecular flexibility index (Phi) is 6.58. The summed E-state index contributed by atoms with van der Waals surface area (Å²) < 4.78 is 41.4. The summed E-state index contributed by atoms with van der Waals surface area (Å²) in [4.78, 5) is 53.6. The normalized spacial score (nSPS) is 12.3. The molecule has 0 bridgehead atoms. The maximum Gasteiger partial charge on any atom is 0.451 e. The van der Waals surface area contributed by atoms with Crippen LogP contribution in [0.2, 0.25) is 0 Å². The Morgan fingerprint density at radius 3 is 2.51 bits per heavy atom. The largest absolute Gasteiger partial charge is 0.451 e. The van der Waals surface area contributed by atoms with Gasteiger partial charge in [0.1, 0.15) is 18.4 Å². The molecule has 1 atom stereocenters. The highest BCUT2D eigenvalue weighted by Gasteiger charge is 2.34. The Labute approximate surface area is 205 Å². The number of nitriles is 1. The van der Waals surface area contributed by atoms with E-state index in [2.05, 4.69) is 25.3 Å². The summed E-state index contributed by atoms with van der Waals surface area (Å²) >= 11 is 0. The smallest absolute Gasteiger partial charge is 0.312 e. The number of imidazole rings is 1. The minimum atomic E-state index is -4.68. The van der Waals surface area contributed by atoms with Gasteiger partial charge in [-0.15, -0.1) is 0 Å². The van der Waals surface area contributed by atoms with Gasteiger partial charge in [0.05, 0.1) is 18.1 Å². The summed E-state index contributed by atoms with van der Waals surface area (Å²) in [5, 5.41) is 11.6. The number of nitrogens with one attached hydrogen (secondary N) is 1. The minimum Gasteiger partial charge on any atom is -0.312 e. The third kappa shape index (κ3) is 4.68. The van der Waals surface area contributed by atoms with Crippen molar-refractivity contribution in [2.75, 3.05) is 5.32 Å². The average Bonchev–Trinajstić information content (AvgIpc) is 3.30. The van der Waals surface area contributed by atoms with Crippen molar-refractivity contribution in [3.8, 4) is 17.3 Å². The molecule has 0 aliphatic carbocycles. The van der Waals surface area contributed by atoms with Gasteiger partial charge in [-0.05, 0) is 18.6 Å². The van der Waals surface area contributed by atoms with Gasteiger partial charge in [0.25, 0.3) is 5.56 Å². The van der Waals surface area contributed by atoms with E-state index in [1.165, 1.54) is 30.1 Å². The zero-order valence-corrected chi connectivity index (χ0v) is 19.4. The van der Waals surface area contributed by atoms with E-state index in [0.717, 1.165) is 21.5 Å². The molecule has 4 aromatic heterocycles. The topological polar surface area (TPSA) is 153 Å². The van der Waals surface area contributed by atoms with Crippen LogP contribution in [-0.4, -0.2) is 39.5 Å². The summed E-state index contributed by atoms with van der Waals surface area (Å²) in [7, 11) is 1.40. The number of alkyl halides is 3. The van der Waals surface area contributed by atoms with Crippen molar-refractivity contribution < 1.29 is 18.0 Å². The van der Waals surface area contributed by atoms with Gasteiger partial charge in [0, 0.05) is 25.0 Å². The van der Waals surface area contributed by atoms with Crippen molar-refractivity contribution in [1.29, 1.82) is 5.26 Å². The summed E-state index contributed by atoms with van der Waals surface area (Å²) in [6.07, 6.45) is -1.23. The number of carbonyl (C=O) groups is 1. The number of anilines is 1. The maximum atomic E-state index is 13.2. The first kappa shape index (κ1) is 25.2. The molecule has 0 fully saturated rings. The molecule has 0 radical (unpaired) electrons. The number of carbonyl (C=O) groups excluding carboxylic acids is 1. The third-order valence-corrected chi connectivity index (χ3v) is 5.51. The van der Waals surface area contributed by atoms with Gasteiger partial charge < -0.3 is 9.88 Å². The molecule has 0 aliphatic heterocycles. The van der Waals surface area contributed by atoms with Gasteiger partial charge in [0.2, 0.25) is 11.7 Å². The number of pyridine rings is 1. The Hall–Kier alpha value is -4.87. The van der Waals surface area contributed by atoms with Crippen molar-refractivity contribution in [2.45, 2.75) is 32.1 Å². The number of aryl methyl sites for hydroxylation is 1. The molecule has 1 amide bonds. The summed E-state index contributed by atoms with van der Waals surface area (Å²) in [5.41, 5.74) is -1.01. The third-order valence-electron chi connectivity index (χ3n) is 5.51. The number of aromatic nitrogens is 7. The van der Waals surface area contributed by atoms with E-state index in [9.17, 15) is 27.6 Å². The van der Waals surface area contributed by atoms with Crippen molar-refractivity contribution in [2.24, 2.45) is 7.05 Å². The van der Waals surface area contributed by atoms with Crippen LogP contribution in [0.25, 0.3) is 22.4 Å². The Bertz CT molecular complexity index is 1650. The van der Waals surface area contributed by atoms with Crippen LogP contribution in [-0.2, 0) is 24.6 Å². The predicted octanol–water partition coefficient (Wildman–Crippen LogP) is 1.88. The number of halogens is 3. The van der Waals surface area contributed by atoms with Crippen molar-refractivity contribution >= 4 is 22.9 Å². The van der Waals surface area contributed by atoms with E-state index in [1.807, 2.05) is 0 Å². The number of hydrogen-bond donors (Lipinski definition) is 1. The number of amides is 1. The standard InChI is InChI=1S/C22H18F3N9O3/c1-3-14(34-11-29-17-16(34)19(36)33(8-7-26)21(37)32(17)2)18(35)31-15-6-4-5-13(30-15)12-9-27-20(28-10-12)22(23,24)25/h4-6,9-11,14H,3,8H2,1-2H3,(H,30,31,35). The first-order valence-electron chi connectivity index (χ1n) is 10.8. The molecule has 4 heterocycles. The number of fused-ring (bicyclic) bond motifs is 1. The fourth-order valence-electron chi connectivity index (χ4n) is 3.73. The molecule has 15 heteroatoms. The van der Waals surface area contributed by atoms with Crippen LogP contribution in [0, 0.1) is 11.3 Å². The lowest BCUT2D eigenvalue weighted by Gasteiger charge is -2.17. The van der Waals surface area contributed by atoms with Crippen molar-refractivity contribution in [1.82, 2.24) is 33.6 Å². The first-order valence-corrected chi connectivity index (χ1v) is 10.8. The van der Waals surface area contributed by atoms with Gasteiger partial charge >= 0.3 is 11.9 Å². The van der Waals surface area contributed by atoms with Crippen molar-refractivity contribution in [3.63, 3.8) is 0 Å². The summed E-state index contributed by atoms with van der Waals surface area (Å²) in [6, 6.07) is 5.36. The van der Waals surface area contributed by atoms with Crippen molar-refractivity contribution in [3.05, 3.63) is 63.6 Å². The fraction of sp³-hybridized carbons (Fsp3) is 0.273. The van der Waals surface area contributed by atoms with Gasteiger partial charge in [-0.25, -0.2) is 29.3 Å². The average molecular weight is 513 g/mol. The van der Waals surface area contributed by atoms with Gasteiger partial charge in [-0.2, -0.15) is 18.4 Å². The lowest BCUT2D eigenvalue weighted by Crippen LogP contribution is -2.40. The molecular weight excluding hydrogens is 495 g/mol. The molecule has 12 nitrogen and oxygen atoms in total. The summed E-state index contributed by atoms with van der Waals surface area (Å²) in [6.45, 7) is 1.23. The number of hydrogen-bond acceptors (Lipinski definition) is 8. The molecule has 4 aromatic rings. The Balaban J connectivity index is 1.66. The Morgan fingerprint density at radius 1 is 1.19 bits per heavy atom. The molecule has 1 N–H and O–H groups in total. The highest BCUT2D eigenvalue weighted by atomic mass is 19.4. The fourth-order valence-corrected chi connectivity index (χ4v) is 3.73. The van der Waals surface area contributed by atoms with Crippen LogP contribution in [0.4, 0.5) is 19.0 Å². The predicted molar refractivity (Wildman–Crippen MR) is 123 cm³/mol. The highest BCUT2D eigenvalue weighted by Crippen LogP contribution is 2.27. The van der Waals surface area contributed by atoms with Crippen LogP contribution in [0.1, 0.15) is 25.2 Å². The molecule has 190 valence electrons. The second kappa shape index (κ2) is 9.64. The molecule has 0 spiro atoms. The molecular formula is C22H18F3N9O3. The maximum absolute atomic E-state index is 13.2. The molecule has 0 aliphatic rings. The zero-order chi connectivity index (χ0) is 26.9. The quantitative estimate of drug-likeness (QED) is 0.410. The minimum absolute atomic E-state index is 0.0250. The lowest BCUT2D eigenvalue weighted by atomic mass is 10.2. The monoisotopic (exact) mass is 513 g/mol. The molecule has 0 aromatic carbocycles. The van der Waals surface area contributed by atoms with Crippen LogP contribution in [0.3, 0.4) is 0 Å². The van der Waals surface area contributed by atoms with Crippen LogP contribution >= 0.6 is 0 Å². The van der Waals surface area contributed by atoms with E-state index in [0.29, 0.717) is 0 Å². The highest BCUT2D eigenvalue weighted by molar-refractivity contribution is 5.94. The molecule has 1 unspecified atom stereocenters. The second-order valence-electron chi connectivity index (χ2n) is 7.83. The number of nitrogens with zero attached hydrogens (tertiary/aromatic N) is 8. The second-order valence-corrected chi connectivity index (χ2v) is 7.83. The van der Waals surface area contributed by atoms with E-state index in [4.69, 9.17) is 5.26 Å². The zero-order valence-electron chi connectivity index (χ0n) is 19.4. The molecule has 0 saturated heterocycles. The first-order chi connectivity index (χ1) is 17.6. The number of rotatable bonds is 6. The van der Waals surface area contributed by atoms with E-state index in [-0.39, 0.29) is 34.7 Å². The summed E-state index contributed by atoms with van der Waals surface area (Å²) in [5.74, 6) is -1.75. The van der Waals surface area contributed by atoms with Gasteiger partial charge in [0.15, 0.2) is 11.2 Å². The lowest BCUT2D eigenvalue weighted by molar-refractivity contribution is -0.145. The Morgan fingerprint density at radius 2 is 1.89 bits per heavy atom. The van der Waals surface area contributed by atoms with Crippen LogP contribution < -0.4 is 16.6 Å². The SMILES string of the molecule is CCC(C(=O)Nc1cccc(-c2cnc(C(F)(F)F)nc2)n1)n1cnc2c1c(=O)n(CC#N)c(=O)n2C.